The van der Waals surface area contributed by atoms with Gasteiger partial charge < -0.3 is 40.3 Å². The van der Waals surface area contributed by atoms with Crippen molar-refractivity contribution in [1.29, 1.82) is 0 Å². The highest BCUT2D eigenvalue weighted by atomic mass is 16.7. The average Bonchev–Trinajstić information content (AvgIpc) is 3.22. The van der Waals surface area contributed by atoms with E-state index in [-0.39, 0.29) is 12.5 Å². The van der Waals surface area contributed by atoms with Crippen LogP contribution in [-0.4, -0.2) is 87.5 Å². The zero-order valence-corrected chi connectivity index (χ0v) is 37.8. The van der Waals surface area contributed by atoms with Crippen LogP contribution in [0, 0.1) is 0 Å². The molecule has 1 aliphatic heterocycles. The van der Waals surface area contributed by atoms with E-state index in [0.717, 1.165) is 38.5 Å². The topological polar surface area (TPSA) is 149 Å². The zero-order chi connectivity index (χ0) is 42.3. The fourth-order valence-corrected chi connectivity index (χ4v) is 8.10. The first-order valence-corrected chi connectivity index (χ1v) is 24.9. The Kier molecular flexibility index (Phi) is 37.9. The molecule has 0 bridgehead atoms. The number of hydrogen-bond donors (Lipinski definition) is 6. The molecule has 1 rings (SSSR count). The Morgan fingerprint density at radius 1 is 0.569 bits per heavy atom. The molecule has 58 heavy (non-hydrogen) atoms. The summed E-state index contributed by atoms with van der Waals surface area (Å²) in [4.78, 5) is 12.9. The zero-order valence-electron chi connectivity index (χ0n) is 37.8. The van der Waals surface area contributed by atoms with E-state index < -0.39 is 49.5 Å². The third-order valence-corrected chi connectivity index (χ3v) is 12.1. The maximum absolute atomic E-state index is 12.9. The van der Waals surface area contributed by atoms with E-state index in [1.54, 1.807) is 6.08 Å². The van der Waals surface area contributed by atoms with Crippen molar-refractivity contribution in [1.82, 2.24) is 5.32 Å². The molecule has 0 aromatic carbocycles. The summed E-state index contributed by atoms with van der Waals surface area (Å²) in [7, 11) is 0. The monoisotopic (exact) mass is 826 g/mol. The molecule has 0 radical (unpaired) electrons. The molecule has 9 heteroatoms. The molecular weight excluding hydrogens is 731 g/mol. The second kappa shape index (κ2) is 40.0. The Hall–Kier alpha value is -1.07. The smallest absolute Gasteiger partial charge is 0.220 e. The Bertz CT molecular complexity index is 919. The number of aliphatic hydroxyl groups is 5. The highest BCUT2D eigenvalue weighted by Crippen LogP contribution is 2.23. The first-order chi connectivity index (χ1) is 28.3. The van der Waals surface area contributed by atoms with E-state index in [4.69, 9.17) is 9.47 Å². The van der Waals surface area contributed by atoms with Crippen molar-refractivity contribution in [2.45, 2.75) is 281 Å². The summed E-state index contributed by atoms with van der Waals surface area (Å²) in [6, 6.07) is -0.798. The highest BCUT2D eigenvalue weighted by molar-refractivity contribution is 5.76. The molecule has 0 spiro atoms. The van der Waals surface area contributed by atoms with Crippen molar-refractivity contribution in [2.75, 3.05) is 13.2 Å². The molecule has 6 N–H and O–H groups in total. The van der Waals surface area contributed by atoms with Gasteiger partial charge in [0.1, 0.15) is 24.4 Å². The number of ether oxygens (including phenoxy) is 2. The minimum absolute atomic E-state index is 0.176. The van der Waals surface area contributed by atoms with Gasteiger partial charge in [-0.1, -0.05) is 225 Å². The van der Waals surface area contributed by atoms with E-state index in [1.807, 2.05) is 6.08 Å². The van der Waals surface area contributed by atoms with Crippen molar-refractivity contribution in [3.8, 4) is 0 Å². The van der Waals surface area contributed by atoms with Gasteiger partial charge in [-0.05, 0) is 19.3 Å². The van der Waals surface area contributed by atoms with Crippen LogP contribution in [0.25, 0.3) is 0 Å². The Morgan fingerprint density at radius 3 is 1.34 bits per heavy atom. The van der Waals surface area contributed by atoms with Crippen LogP contribution in [0.3, 0.4) is 0 Å². The molecule has 1 fully saturated rings. The molecule has 344 valence electrons. The molecule has 7 atom stereocenters. The molecule has 1 saturated heterocycles. The van der Waals surface area contributed by atoms with Gasteiger partial charge in [0.25, 0.3) is 0 Å². The van der Waals surface area contributed by atoms with Crippen LogP contribution in [-0.2, 0) is 14.3 Å². The van der Waals surface area contributed by atoms with Crippen LogP contribution in [0.5, 0.6) is 0 Å². The number of rotatable bonds is 42. The first-order valence-electron chi connectivity index (χ1n) is 24.9. The number of hydrogen-bond acceptors (Lipinski definition) is 8. The van der Waals surface area contributed by atoms with Gasteiger partial charge in [0.15, 0.2) is 6.29 Å². The number of allylic oxidation sites excluding steroid dienone is 1. The third-order valence-electron chi connectivity index (χ3n) is 12.1. The lowest BCUT2D eigenvalue weighted by Crippen LogP contribution is -2.60. The number of amides is 1. The van der Waals surface area contributed by atoms with Gasteiger partial charge in [-0.15, -0.1) is 0 Å². The van der Waals surface area contributed by atoms with Crippen molar-refractivity contribution < 1.29 is 39.8 Å². The van der Waals surface area contributed by atoms with Gasteiger partial charge in [-0.25, -0.2) is 0 Å². The van der Waals surface area contributed by atoms with E-state index >= 15 is 0 Å². The molecule has 0 saturated carbocycles. The Labute approximate surface area is 356 Å². The van der Waals surface area contributed by atoms with Crippen LogP contribution in [0.15, 0.2) is 12.2 Å². The van der Waals surface area contributed by atoms with E-state index in [9.17, 15) is 30.3 Å². The van der Waals surface area contributed by atoms with Gasteiger partial charge in [0.2, 0.25) is 5.91 Å². The summed E-state index contributed by atoms with van der Waals surface area (Å²) in [5.41, 5.74) is 0. The first kappa shape index (κ1) is 54.9. The fraction of sp³-hybridized carbons (Fsp3) is 0.939. The van der Waals surface area contributed by atoms with Gasteiger partial charge in [-0.2, -0.15) is 0 Å². The van der Waals surface area contributed by atoms with Crippen LogP contribution < -0.4 is 5.32 Å². The van der Waals surface area contributed by atoms with E-state index in [0.29, 0.717) is 6.42 Å². The molecule has 7 unspecified atom stereocenters. The van der Waals surface area contributed by atoms with Crippen molar-refractivity contribution in [3.05, 3.63) is 12.2 Å². The number of carbonyl (C=O) groups excluding carboxylic acids is 1. The minimum atomic E-state index is -1.56. The Balaban J connectivity index is 2.25. The van der Waals surface area contributed by atoms with Crippen LogP contribution in [0.4, 0.5) is 0 Å². The SMILES string of the molecule is CCCCCCCCCCCCCCCCCCCCCCCC/C=C/C(O)C(COC1OC(CO)C(O)C(O)C1O)NC(=O)CCCCCCCCCCCCC. The van der Waals surface area contributed by atoms with Gasteiger partial charge in [-0.3, -0.25) is 4.79 Å². The number of nitrogens with one attached hydrogen (secondary N) is 1. The lowest BCUT2D eigenvalue weighted by atomic mass is 9.99. The molecule has 9 nitrogen and oxygen atoms in total. The van der Waals surface area contributed by atoms with Crippen LogP contribution in [0.1, 0.15) is 239 Å². The summed E-state index contributed by atoms with van der Waals surface area (Å²) in [5.74, 6) is -0.176. The maximum atomic E-state index is 12.9. The maximum Gasteiger partial charge on any atom is 0.220 e. The summed E-state index contributed by atoms with van der Waals surface area (Å²) in [6.07, 6.45) is 39.8. The van der Waals surface area contributed by atoms with Gasteiger partial charge in [0.05, 0.1) is 25.4 Å². The predicted molar refractivity (Wildman–Crippen MR) is 240 cm³/mol. The lowest BCUT2D eigenvalue weighted by molar-refractivity contribution is -0.302. The molecular formula is C49H95NO8. The minimum Gasteiger partial charge on any atom is -0.394 e. The van der Waals surface area contributed by atoms with E-state index in [1.165, 1.54) is 180 Å². The summed E-state index contributed by atoms with van der Waals surface area (Å²) >= 11 is 0. The predicted octanol–water partition coefficient (Wildman–Crippen LogP) is 10.9. The molecule has 0 aromatic rings. The van der Waals surface area contributed by atoms with E-state index in [2.05, 4.69) is 19.2 Å². The molecule has 0 aromatic heterocycles. The second-order valence-electron chi connectivity index (χ2n) is 17.6. The number of carbonyl (C=O) groups is 1. The summed E-state index contributed by atoms with van der Waals surface area (Å²) in [6.45, 7) is 3.78. The van der Waals surface area contributed by atoms with Crippen molar-refractivity contribution in [3.63, 3.8) is 0 Å². The molecule has 0 aliphatic carbocycles. The highest BCUT2D eigenvalue weighted by Gasteiger charge is 2.44. The molecule has 1 amide bonds. The fourth-order valence-electron chi connectivity index (χ4n) is 8.10. The van der Waals surface area contributed by atoms with Crippen LogP contribution in [0.2, 0.25) is 0 Å². The van der Waals surface area contributed by atoms with Gasteiger partial charge >= 0.3 is 0 Å². The normalized spacial score (nSPS) is 20.8. The lowest BCUT2D eigenvalue weighted by Gasteiger charge is -2.40. The Morgan fingerprint density at radius 2 is 0.948 bits per heavy atom. The largest absolute Gasteiger partial charge is 0.394 e. The quantitative estimate of drug-likeness (QED) is 0.0263. The van der Waals surface area contributed by atoms with Crippen molar-refractivity contribution >= 4 is 5.91 Å². The van der Waals surface area contributed by atoms with Crippen LogP contribution >= 0.6 is 0 Å². The standard InChI is InChI=1S/C49H95NO8/c1-3-5-7-9-11-13-15-16-17-18-19-20-21-22-23-24-25-26-27-29-30-32-34-36-38-43(52)42(41-57-49-48(56)47(55)46(54)44(40-51)58-49)50-45(53)39-37-35-33-31-28-14-12-10-8-6-4-2/h36,38,42-44,46-49,51-52,54-56H,3-35,37,39-41H2,1-2H3,(H,50,53)/b38-36+. The average molecular weight is 826 g/mol. The molecule has 1 aliphatic rings. The summed E-state index contributed by atoms with van der Waals surface area (Å²) < 4.78 is 11.2. The summed E-state index contributed by atoms with van der Waals surface area (Å²) in [5, 5.41) is 54.2. The second-order valence-corrected chi connectivity index (χ2v) is 17.6. The number of unbranched alkanes of at least 4 members (excludes halogenated alkanes) is 32. The molecule has 1 heterocycles. The third kappa shape index (κ3) is 30.0. The number of aliphatic hydroxyl groups excluding tert-OH is 5. The van der Waals surface area contributed by atoms with Crippen molar-refractivity contribution in [2.24, 2.45) is 0 Å². The van der Waals surface area contributed by atoms with Gasteiger partial charge in [0, 0.05) is 6.42 Å².